The van der Waals surface area contributed by atoms with Crippen LogP contribution in [0.3, 0.4) is 0 Å². The predicted molar refractivity (Wildman–Crippen MR) is 105 cm³/mol. The first-order valence-electron chi connectivity index (χ1n) is 9.29. The van der Waals surface area contributed by atoms with Gasteiger partial charge in [-0.25, -0.2) is 4.79 Å². The lowest BCUT2D eigenvalue weighted by molar-refractivity contribution is -0.133. The van der Waals surface area contributed by atoms with Crippen LogP contribution in [0.1, 0.15) is 10.4 Å². The summed E-state index contributed by atoms with van der Waals surface area (Å²) in [5, 5.41) is 4.71. The number of amides is 4. The molecule has 2 aromatic rings. The zero-order valence-corrected chi connectivity index (χ0v) is 16.2. The SMILES string of the molecule is O=C(CN1C(=O)C2CN(Cc3ccccc3)CCN2C1=O)NCc1cccs1. The molecule has 4 amide bonds. The van der Waals surface area contributed by atoms with E-state index in [2.05, 4.69) is 22.3 Å². The van der Waals surface area contributed by atoms with E-state index in [4.69, 9.17) is 0 Å². The summed E-state index contributed by atoms with van der Waals surface area (Å²) in [7, 11) is 0. The minimum atomic E-state index is -0.505. The van der Waals surface area contributed by atoms with Gasteiger partial charge < -0.3 is 10.2 Å². The van der Waals surface area contributed by atoms with Crippen molar-refractivity contribution in [2.45, 2.75) is 19.1 Å². The van der Waals surface area contributed by atoms with Crippen LogP contribution in [-0.4, -0.2) is 64.8 Å². The normalized spacial score (nSPS) is 19.8. The Labute approximate surface area is 167 Å². The molecule has 0 spiro atoms. The largest absolute Gasteiger partial charge is 0.350 e. The van der Waals surface area contributed by atoms with E-state index in [0.29, 0.717) is 26.2 Å². The topological polar surface area (TPSA) is 73.0 Å². The number of carbonyl (C=O) groups is 3. The number of carbonyl (C=O) groups excluding carboxylic acids is 3. The quantitative estimate of drug-likeness (QED) is 0.749. The van der Waals surface area contributed by atoms with Crippen LogP contribution in [0.25, 0.3) is 0 Å². The fourth-order valence-electron chi connectivity index (χ4n) is 3.64. The maximum absolute atomic E-state index is 12.8. The van der Waals surface area contributed by atoms with E-state index in [1.165, 1.54) is 5.56 Å². The van der Waals surface area contributed by atoms with Gasteiger partial charge >= 0.3 is 6.03 Å². The number of fused-ring (bicyclic) bond motifs is 1. The third kappa shape index (κ3) is 3.93. The molecule has 1 N–H and O–H groups in total. The Morgan fingerprint density at radius 3 is 2.68 bits per heavy atom. The Morgan fingerprint density at radius 1 is 1.11 bits per heavy atom. The Kier molecular flexibility index (Phi) is 5.40. The lowest BCUT2D eigenvalue weighted by atomic mass is 10.1. The molecule has 0 saturated carbocycles. The zero-order chi connectivity index (χ0) is 19.5. The molecule has 3 heterocycles. The van der Waals surface area contributed by atoms with E-state index >= 15 is 0 Å². The van der Waals surface area contributed by atoms with Crippen molar-refractivity contribution < 1.29 is 14.4 Å². The molecule has 2 aliphatic rings. The number of hydrogen-bond donors (Lipinski definition) is 1. The second-order valence-electron chi connectivity index (χ2n) is 6.99. The lowest BCUT2D eigenvalue weighted by Gasteiger charge is -2.35. The smallest absolute Gasteiger partial charge is 0.328 e. The Morgan fingerprint density at radius 2 is 1.93 bits per heavy atom. The maximum Gasteiger partial charge on any atom is 0.328 e. The third-order valence-electron chi connectivity index (χ3n) is 5.08. The van der Waals surface area contributed by atoms with Gasteiger partial charge in [0, 0.05) is 31.1 Å². The van der Waals surface area contributed by atoms with E-state index in [1.54, 1.807) is 16.2 Å². The van der Waals surface area contributed by atoms with Gasteiger partial charge in [-0.3, -0.25) is 19.4 Å². The molecule has 1 aromatic heterocycles. The molecule has 4 rings (SSSR count). The van der Waals surface area contributed by atoms with Crippen molar-refractivity contribution in [1.29, 1.82) is 0 Å². The van der Waals surface area contributed by atoms with Crippen LogP contribution >= 0.6 is 11.3 Å². The zero-order valence-electron chi connectivity index (χ0n) is 15.4. The van der Waals surface area contributed by atoms with Crippen LogP contribution in [0.4, 0.5) is 4.79 Å². The number of imide groups is 1. The monoisotopic (exact) mass is 398 g/mol. The minimum absolute atomic E-state index is 0.227. The Balaban J connectivity index is 1.34. The first-order valence-corrected chi connectivity index (χ1v) is 10.2. The number of hydrogen-bond acceptors (Lipinski definition) is 5. The molecule has 1 unspecified atom stereocenters. The van der Waals surface area contributed by atoms with Crippen LogP contribution < -0.4 is 5.32 Å². The summed E-state index contributed by atoms with van der Waals surface area (Å²) in [6.45, 7) is 2.62. The molecule has 0 bridgehead atoms. The second-order valence-corrected chi connectivity index (χ2v) is 8.03. The van der Waals surface area contributed by atoms with Crippen LogP contribution in [0, 0.1) is 0 Å². The van der Waals surface area contributed by atoms with Crippen molar-refractivity contribution in [3.8, 4) is 0 Å². The molecule has 0 aliphatic carbocycles. The standard InChI is InChI=1S/C20H22N4O3S/c25-18(21-11-16-7-4-10-28-16)14-24-19(26)17-13-22(8-9-23(17)20(24)27)12-15-5-2-1-3-6-15/h1-7,10,17H,8-9,11-14H2,(H,21,25). The summed E-state index contributed by atoms with van der Waals surface area (Å²) >= 11 is 1.55. The number of urea groups is 1. The summed E-state index contributed by atoms with van der Waals surface area (Å²) in [6, 6.07) is 13.0. The first kappa shape index (κ1) is 18.6. The highest BCUT2D eigenvalue weighted by Gasteiger charge is 2.47. The highest BCUT2D eigenvalue weighted by atomic mass is 32.1. The van der Waals surface area contributed by atoms with Crippen molar-refractivity contribution in [1.82, 2.24) is 20.0 Å². The van der Waals surface area contributed by atoms with Gasteiger partial charge in [0.2, 0.25) is 5.91 Å². The van der Waals surface area contributed by atoms with E-state index in [-0.39, 0.29) is 24.4 Å². The Bertz CT molecular complexity index is 856. The Hall–Kier alpha value is -2.71. The molecule has 1 atom stereocenters. The van der Waals surface area contributed by atoms with Crippen molar-refractivity contribution >= 4 is 29.2 Å². The second kappa shape index (κ2) is 8.12. The van der Waals surface area contributed by atoms with Gasteiger partial charge in [0.25, 0.3) is 5.91 Å². The van der Waals surface area contributed by atoms with Crippen molar-refractivity contribution in [2.75, 3.05) is 26.2 Å². The third-order valence-corrected chi connectivity index (χ3v) is 5.96. The molecule has 7 nitrogen and oxygen atoms in total. The minimum Gasteiger partial charge on any atom is -0.350 e. The highest BCUT2D eigenvalue weighted by molar-refractivity contribution is 7.09. The van der Waals surface area contributed by atoms with Crippen molar-refractivity contribution in [3.05, 3.63) is 58.3 Å². The molecule has 2 saturated heterocycles. The molecule has 1 aromatic carbocycles. The van der Waals surface area contributed by atoms with Crippen LogP contribution in [-0.2, 0) is 22.7 Å². The summed E-state index contributed by atoms with van der Waals surface area (Å²) in [6.07, 6.45) is 0. The molecular weight excluding hydrogens is 376 g/mol. The average Bonchev–Trinajstić information content (AvgIpc) is 3.31. The number of benzene rings is 1. The van der Waals surface area contributed by atoms with Crippen molar-refractivity contribution in [2.24, 2.45) is 0 Å². The number of thiophene rings is 1. The molecule has 2 fully saturated rings. The highest BCUT2D eigenvalue weighted by Crippen LogP contribution is 2.23. The van der Waals surface area contributed by atoms with Gasteiger partial charge in [-0.05, 0) is 17.0 Å². The van der Waals surface area contributed by atoms with Gasteiger partial charge in [0.15, 0.2) is 0 Å². The summed E-state index contributed by atoms with van der Waals surface area (Å²) in [5.74, 6) is -0.606. The fraction of sp³-hybridized carbons (Fsp3) is 0.350. The maximum atomic E-state index is 12.8. The summed E-state index contributed by atoms with van der Waals surface area (Å²) < 4.78 is 0. The van der Waals surface area contributed by atoms with Crippen LogP contribution in [0.2, 0.25) is 0 Å². The van der Waals surface area contributed by atoms with E-state index in [0.717, 1.165) is 16.3 Å². The first-order chi connectivity index (χ1) is 13.6. The molecule has 0 radical (unpaired) electrons. The van der Waals surface area contributed by atoms with Crippen LogP contribution in [0.15, 0.2) is 47.8 Å². The number of piperazine rings is 1. The van der Waals surface area contributed by atoms with Crippen molar-refractivity contribution in [3.63, 3.8) is 0 Å². The van der Waals surface area contributed by atoms with Gasteiger partial charge in [-0.15, -0.1) is 11.3 Å². The summed E-state index contributed by atoms with van der Waals surface area (Å²) in [5.41, 5.74) is 1.18. The molecule has 28 heavy (non-hydrogen) atoms. The van der Waals surface area contributed by atoms with Crippen LogP contribution in [0.5, 0.6) is 0 Å². The van der Waals surface area contributed by atoms with E-state index in [9.17, 15) is 14.4 Å². The van der Waals surface area contributed by atoms with Gasteiger partial charge in [0.05, 0.1) is 6.54 Å². The van der Waals surface area contributed by atoms with E-state index in [1.807, 2.05) is 35.7 Å². The summed E-state index contributed by atoms with van der Waals surface area (Å²) in [4.78, 5) is 43.5. The lowest BCUT2D eigenvalue weighted by Crippen LogP contribution is -2.52. The molecule has 2 aliphatic heterocycles. The average molecular weight is 398 g/mol. The van der Waals surface area contributed by atoms with Gasteiger partial charge in [0.1, 0.15) is 12.6 Å². The predicted octanol–water partition coefficient (Wildman–Crippen LogP) is 1.51. The molecule has 146 valence electrons. The van der Waals surface area contributed by atoms with Gasteiger partial charge in [-0.2, -0.15) is 0 Å². The fourth-order valence-corrected chi connectivity index (χ4v) is 4.28. The number of nitrogens with one attached hydrogen (secondary N) is 1. The molecular formula is C20H22N4O3S. The van der Waals surface area contributed by atoms with E-state index < -0.39 is 6.04 Å². The number of rotatable bonds is 6. The number of nitrogens with zero attached hydrogens (tertiary/aromatic N) is 3. The molecule has 8 heteroatoms. The van der Waals surface area contributed by atoms with Gasteiger partial charge in [-0.1, -0.05) is 36.4 Å².